The Morgan fingerprint density at radius 3 is 2.88 bits per heavy atom. The maximum absolute atomic E-state index is 12.4. The Morgan fingerprint density at radius 2 is 2.15 bits per heavy atom. The molecule has 0 spiro atoms. The molecule has 26 heavy (non-hydrogen) atoms. The molecule has 3 heterocycles. The van der Waals surface area contributed by atoms with E-state index < -0.39 is 11.9 Å². The fraction of sp³-hybridized carbons (Fsp3) is 0.312. The van der Waals surface area contributed by atoms with E-state index >= 15 is 0 Å². The number of hydrogen-bond donors (Lipinski definition) is 1. The van der Waals surface area contributed by atoms with Crippen LogP contribution in [0.5, 0.6) is 0 Å². The van der Waals surface area contributed by atoms with E-state index in [4.69, 9.17) is 4.74 Å². The number of fused-ring (bicyclic) bond motifs is 1. The van der Waals surface area contributed by atoms with Gasteiger partial charge in [0.1, 0.15) is 23.3 Å². The molecule has 0 aliphatic heterocycles. The fourth-order valence-corrected chi connectivity index (χ4v) is 3.38. The lowest BCUT2D eigenvalue weighted by Crippen LogP contribution is -2.28. The Labute approximate surface area is 152 Å². The van der Waals surface area contributed by atoms with Gasteiger partial charge in [-0.3, -0.25) is 18.8 Å². The van der Waals surface area contributed by atoms with Crippen LogP contribution in [-0.4, -0.2) is 37.8 Å². The van der Waals surface area contributed by atoms with E-state index in [9.17, 15) is 14.4 Å². The summed E-state index contributed by atoms with van der Waals surface area (Å²) >= 11 is 1.27. The predicted octanol–water partition coefficient (Wildman–Crippen LogP) is 1.32. The molecule has 0 atom stereocenters. The Morgan fingerprint density at radius 1 is 1.38 bits per heavy atom. The molecular weight excluding hydrogens is 358 g/mol. The van der Waals surface area contributed by atoms with Crippen LogP contribution in [0.25, 0.3) is 11.0 Å². The molecule has 0 radical (unpaired) electrons. The number of hydrogen-bond acceptors (Lipinski definition) is 7. The highest BCUT2D eigenvalue weighted by molar-refractivity contribution is 7.16. The number of anilines is 1. The summed E-state index contributed by atoms with van der Waals surface area (Å²) in [6.07, 6.45) is 2.72. The van der Waals surface area contributed by atoms with Crippen molar-refractivity contribution in [2.24, 2.45) is 7.05 Å². The number of nitrogens with zero attached hydrogens (tertiary/aromatic N) is 4. The zero-order valence-electron chi connectivity index (χ0n) is 14.5. The van der Waals surface area contributed by atoms with Crippen molar-refractivity contribution in [2.75, 3.05) is 11.9 Å². The summed E-state index contributed by atoms with van der Waals surface area (Å²) in [5, 5.41) is 7.39. The van der Waals surface area contributed by atoms with Gasteiger partial charge in [-0.25, -0.2) is 9.78 Å². The van der Waals surface area contributed by atoms with Crippen LogP contribution in [0.15, 0.2) is 23.4 Å². The van der Waals surface area contributed by atoms with Crippen LogP contribution >= 0.6 is 11.3 Å². The molecule has 0 unspecified atom stereocenters. The van der Waals surface area contributed by atoms with E-state index in [0.717, 1.165) is 4.88 Å². The van der Waals surface area contributed by atoms with Crippen molar-refractivity contribution in [3.8, 4) is 0 Å². The third-order valence-corrected chi connectivity index (χ3v) is 4.60. The number of esters is 1. The summed E-state index contributed by atoms with van der Waals surface area (Å²) < 4.78 is 7.68. The van der Waals surface area contributed by atoms with Crippen LogP contribution in [0.2, 0.25) is 0 Å². The van der Waals surface area contributed by atoms with Gasteiger partial charge in [0.25, 0.3) is 5.56 Å². The van der Waals surface area contributed by atoms with Crippen LogP contribution in [0.1, 0.15) is 22.2 Å². The van der Waals surface area contributed by atoms with Gasteiger partial charge in [-0.05, 0) is 19.9 Å². The Balaban J connectivity index is 1.81. The van der Waals surface area contributed by atoms with Crippen molar-refractivity contribution in [2.45, 2.75) is 20.4 Å². The SMILES string of the molecule is CCOC(=O)c1cc(C)sc1NC(=O)Cn1cnc2c(cnn2C)c1=O. The van der Waals surface area contributed by atoms with Crippen molar-refractivity contribution >= 4 is 39.2 Å². The molecule has 136 valence electrons. The Bertz CT molecular complexity index is 1050. The number of aromatic nitrogens is 4. The molecule has 10 heteroatoms. The molecule has 0 aliphatic rings. The number of carbonyl (C=O) groups is 2. The van der Waals surface area contributed by atoms with E-state index in [1.807, 2.05) is 6.92 Å². The minimum Gasteiger partial charge on any atom is -0.462 e. The number of ether oxygens (including phenoxy) is 1. The predicted molar refractivity (Wildman–Crippen MR) is 96.4 cm³/mol. The first-order chi connectivity index (χ1) is 12.4. The maximum atomic E-state index is 12.4. The summed E-state index contributed by atoms with van der Waals surface area (Å²) in [7, 11) is 1.68. The molecule has 1 N–H and O–H groups in total. The minimum absolute atomic E-state index is 0.226. The van der Waals surface area contributed by atoms with E-state index in [-0.39, 0.29) is 18.7 Å². The molecule has 9 nitrogen and oxygen atoms in total. The van der Waals surface area contributed by atoms with Gasteiger partial charge >= 0.3 is 5.97 Å². The van der Waals surface area contributed by atoms with Crippen molar-refractivity contribution < 1.29 is 14.3 Å². The average Bonchev–Trinajstić information content (AvgIpc) is 3.14. The number of carbonyl (C=O) groups excluding carboxylic acids is 2. The third-order valence-electron chi connectivity index (χ3n) is 3.64. The molecular formula is C16H17N5O4S. The molecule has 0 aromatic carbocycles. The summed E-state index contributed by atoms with van der Waals surface area (Å²) in [6.45, 7) is 3.56. The maximum Gasteiger partial charge on any atom is 0.341 e. The van der Waals surface area contributed by atoms with Gasteiger partial charge in [0.15, 0.2) is 5.65 Å². The smallest absolute Gasteiger partial charge is 0.341 e. The van der Waals surface area contributed by atoms with Crippen LogP contribution in [0, 0.1) is 6.92 Å². The van der Waals surface area contributed by atoms with Crippen molar-refractivity contribution in [3.05, 3.63) is 39.4 Å². The van der Waals surface area contributed by atoms with Gasteiger partial charge in [0, 0.05) is 11.9 Å². The van der Waals surface area contributed by atoms with E-state index in [1.165, 1.54) is 33.1 Å². The first kappa shape index (κ1) is 17.8. The highest BCUT2D eigenvalue weighted by Crippen LogP contribution is 2.28. The summed E-state index contributed by atoms with van der Waals surface area (Å²) in [5.74, 6) is -0.938. The minimum atomic E-state index is -0.497. The second kappa shape index (κ2) is 7.08. The lowest BCUT2D eigenvalue weighted by Gasteiger charge is -2.07. The quantitative estimate of drug-likeness (QED) is 0.674. The topological polar surface area (TPSA) is 108 Å². The molecule has 1 amide bonds. The van der Waals surface area contributed by atoms with Crippen molar-refractivity contribution in [1.82, 2.24) is 19.3 Å². The van der Waals surface area contributed by atoms with Gasteiger partial charge in [0.05, 0.1) is 18.4 Å². The summed E-state index contributed by atoms with van der Waals surface area (Å²) in [4.78, 5) is 41.8. The van der Waals surface area contributed by atoms with Gasteiger partial charge in [-0.2, -0.15) is 5.10 Å². The van der Waals surface area contributed by atoms with E-state index in [2.05, 4.69) is 15.4 Å². The first-order valence-corrected chi connectivity index (χ1v) is 8.67. The molecule has 3 aromatic rings. The van der Waals surface area contributed by atoms with Crippen molar-refractivity contribution in [1.29, 1.82) is 0 Å². The molecule has 0 saturated heterocycles. The zero-order valence-corrected chi connectivity index (χ0v) is 15.3. The summed E-state index contributed by atoms with van der Waals surface area (Å²) in [5.41, 5.74) is 0.396. The highest BCUT2D eigenvalue weighted by Gasteiger charge is 2.18. The molecule has 0 aliphatic carbocycles. The number of nitrogens with one attached hydrogen (secondary N) is 1. The van der Waals surface area contributed by atoms with E-state index in [1.54, 1.807) is 20.0 Å². The van der Waals surface area contributed by atoms with Gasteiger partial charge in [0.2, 0.25) is 5.91 Å². The third kappa shape index (κ3) is 3.36. The number of aryl methyl sites for hydroxylation is 2. The summed E-state index contributed by atoms with van der Waals surface area (Å²) in [6, 6.07) is 1.66. The van der Waals surface area contributed by atoms with Crippen LogP contribution in [0.4, 0.5) is 5.00 Å². The van der Waals surface area contributed by atoms with Gasteiger partial charge < -0.3 is 10.1 Å². The van der Waals surface area contributed by atoms with Crippen LogP contribution < -0.4 is 10.9 Å². The fourth-order valence-electron chi connectivity index (χ4n) is 2.47. The largest absolute Gasteiger partial charge is 0.462 e. The van der Waals surface area contributed by atoms with Gasteiger partial charge in [-0.1, -0.05) is 0 Å². The molecule has 0 fully saturated rings. The standard InChI is InChI=1S/C16H17N5O4S/c1-4-25-16(24)10-5-9(2)26-14(10)19-12(22)7-21-8-17-13-11(15(21)23)6-18-20(13)3/h5-6,8H,4,7H2,1-3H3,(H,19,22). The first-order valence-electron chi connectivity index (χ1n) is 7.85. The Kier molecular flexibility index (Phi) is 4.85. The Hall–Kier alpha value is -3.01. The normalized spacial score (nSPS) is 10.9. The second-order valence-electron chi connectivity index (χ2n) is 5.55. The lowest BCUT2D eigenvalue weighted by molar-refractivity contribution is -0.116. The number of rotatable bonds is 5. The second-order valence-corrected chi connectivity index (χ2v) is 6.81. The zero-order chi connectivity index (χ0) is 18.8. The molecule has 3 aromatic heterocycles. The van der Waals surface area contributed by atoms with E-state index in [0.29, 0.717) is 21.6 Å². The van der Waals surface area contributed by atoms with Crippen LogP contribution in [0.3, 0.4) is 0 Å². The number of thiophene rings is 1. The van der Waals surface area contributed by atoms with Gasteiger partial charge in [-0.15, -0.1) is 11.3 Å². The molecule has 0 bridgehead atoms. The van der Waals surface area contributed by atoms with Crippen molar-refractivity contribution in [3.63, 3.8) is 0 Å². The average molecular weight is 375 g/mol. The lowest BCUT2D eigenvalue weighted by atomic mass is 10.3. The monoisotopic (exact) mass is 375 g/mol. The number of amides is 1. The highest BCUT2D eigenvalue weighted by atomic mass is 32.1. The van der Waals surface area contributed by atoms with Crippen LogP contribution in [-0.2, 0) is 23.1 Å². The molecule has 3 rings (SSSR count). The molecule has 0 saturated carbocycles.